The lowest BCUT2D eigenvalue weighted by molar-refractivity contribution is -0.137. The van der Waals surface area contributed by atoms with Crippen molar-refractivity contribution in [3.05, 3.63) is 70.4 Å². The van der Waals surface area contributed by atoms with E-state index in [2.05, 4.69) is 10.7 Å². The number of rotatable bonds is 3. The summed E-state index contributed by atoms with van der Waals surface area (Å²) in [6.07, 6.45) is -3.73. The van der Waals surface area contributed by atoms with Gasteiger partial charge in [0.1, 0.15) is 0 Å². The molecule has 0 aliphatic carbocycles. The van der Waals surface area contributed by atoms with Crippen molar-refractivity contribution in [2.75, 3.05) is 24.7 Å². The Bertz CT molecular complexity index is 1430. The third-order valence-electron chi connectivity index (χ3n) is 5.55. The van der Waals surface area contributed by atoms with Crippen LogP contribution in [0.15, 0.2) is 58.6 Å². The number of urea groups is 1. The Morgan fingerprint density at radius 2 is 1.86 bits per heavy atom. The zero-order chi connectivity index (χ0) is 25.7. The third kappa shape index (κ3) is 4.45. The average molecular weight is 505 g/mol. The van der Waals surface area contributed by atoms with E-state index in [1.54, 1.807) is 0 Å². The zero-order valence-corrected chi connectivity index (χ0v) is 19.2. The van der Waals surface area contributed by atoms with Crippen molar-refractivity contribution in [3.8, 4) is 6.07 Å². The second-order valence-corrected chi connectivity index (χ2v) is 10.0. The van der Waals surface area contributed by atoms with E-state index < -0.39 is 39.6 Å². The van der Waals surface area contributed by atoms with Crippen molar-refractivity contribution >= 4 is 27.5 Å². The number of carbonyl (C=O) groups is 2. The minimum atomic E-state index is -4.66. The first-order chi connectivity index (χ1) is 16.3. The molecule has 3 amide bonds. The van der Waals surface area contributed by atoms with Crippen molar-refractivity contribution in [2.24, 2.45) is 0 Å². The van der Waals surface area contributed by atoms with Gasteiger partial charge in [-0.1, -0.05) is 12.1 Å². The highest BCUT2D eigenvalue weighted by atomic mass is 32.2. The molecule has 2 aromatic carbocycles. The molecule has 2 heterocycles. The highest BCUT2D eigenvalue weighted by molar-refractivity contribution is 7.90. The Labute approximate surface area is 198 Å². The van der Waals surface area contributed by atoms with E-state index in [0.29, 0.717) is 0 Å². The van der Waals surface area contributed by atoms with Gasteiger partial charge in [-0.05, 0) is 35.9 Å². The minimum Gasteiger partial charge on any atom is -0.326 e. The normalized spacial score (nSPS) is 19.1. The van der Waals surface area contributed by atoms with Crippen molar-refractivity contribution < 1.29 is 31.2 Å². The predicted octanol–water partition coefficient (Wildman–Crippen LogP) is 2.48. The van der Waals surface area contributed by atoms with Crippen molar-refractivity contribution in [2.45, 2.75) is 17.1 Å². The van der Waals surface area contributed by atoms with Crippen molar-refractivity contribution in [1.29, 1.82) is 5.26 Å². The maximum atomic E-state index is 13.3. The number of hydrogen-bond acceptors (Lipinski definition) is 6. The SMILES string of the molecule is CN1CC2=C(C(=O)N1)[C@@H](c1ccc(C#N)cc1S(C)(=O)=O)NC(=O)N2c1cccc(C(F)(F)F)c1. The summed E-state index contributed by atoms with van der Waals surface area (Å²) in [4.78, 5) is 27.0. The number of nitrogens with one attached hydrogen (secondary N) is 2. The van der Waals surface area contributed by atoms with Crippen LogP contribution in [0.5, 0.6) is 0 Å². The average Bonchev–Trinajstić information content (AvgIpc) is 2.76. The Morgan fingerprint density at radius 1 is 1.14 bits per heavy atom. The van der Waals surface area contributed by atoms with Gasteiger partial charge in [-0.3, -0.25) is 15.1 Å². The van der Waals surface area contributed by atoms with Crippen LogP contribution in [0.3, 0.4) is 0 Å². The van der Waals surface area contributed by atoms with Gasteiger partial charge in [-0.25, -0.2) is 18.2 Å². The maximum absolute atomic E-state index is 13.3. The van der Waals surface area contributed by atoms with E-state index in [4.69, 9.17) is 0 Å². The summed E-state index contributed by atoms with van der Waals surface area (Å²) in [6.45, 7) is -0.0499. The second kappa shape index (κ2) is 8.40. The van der Waals surface area contributed by atoms with Crippen LogP contribution in [0.4, 0.5) is 23.7 Å². The number of alkyl halides is 3. The Balaban J connectivity index is 1.95. The summed E-state index contributed by atoms with van der Waals surface area (Å²) >= 11 is 0. The fourth-order valence-corrected chi connectivity index (χ4v) is 5.03. The van der Waals surface area contributed by atoms with Gasteiger partial charge in [-0.2, -0.15) is 18.4 Å². The first-order valence-corrected chi connectivity index (χ1v) is 12.0. The van der Waals surface area contributed by atoms with E-state index in [1.807, 2.05) is 6.07 Å². The summed E-state index contributed by atoms with van der Waals surface area (Å²) in [5.74, 6) is -0.667. The van der Waals surface area contributed by atoms with Crippen LogP contribution >= 0.6 is 0 Å². The van der Waals surface area contributed by atoms with Crippen LogP contribution < -0.4 is 15.6 Å². The molecule has 9 nitrogen and oxygen atoms in total. The van der Waals surface area contributed by atoms with E-state index in [1.165, 1.54) is 30.3 Å². The number of nitrogens with zero attached hydrogens (tertiary/aromatic N) is 3. The Hall–Kier alpha value is -3.89. The molecule has 1 atom stereocenters. The van der Waals surface area contributed by atoms with Gasteiger partial charge in [0, 0.05) is 13.3 Å². The Morgan fingerprint density at radius 3 is 2.49 bits per heavy atom. The molecular weight excluding hydrogens is 487 g/mol. The van der Waals surface area contributed by atoms with Gasteiger partial charge in [0.25, 0.3) is 5.91 Å². The summed E-state index contributed by atoms with van der Waals surface area (Å²) in [6, 6.07) is 7.69. The summed E-state index contributed by atoms with van der Waals surface area (Å²) in [5.41, 5.74) is 1.63. The van der Waals surface area contributed by atoms with Crippen LogP contribution in [0.1, 0.15) is 22.7 Å². The van der Waals surface area contributed by atoms with Gasteiger partial charge in [0.05, 0.1) is 51.6 Å². The second-order valence-electron chi connectivity index (χ2n) is 8.06. The lowest BCUT2D eigenvalue weighted by Crippen LogP contribution is -2.57. The van der Waals surface area contributed by atoms with Crippen LogP contribution in [0, 0.1) is 11.3 Å². The zero-order valence-electron chi connectivity index (χ0n) is 18.3. The number of anilines is 1. The Kier molecular flexibility index (Phi) is 5.82. The molecular formula is C22H18F3N5O4S. The molecule has 0 radical (unpaired) electrons. The van der Waals surface area contributed by atoms with Gasteiger partial charge in [-0.15, -0.1) is 0 Å². The molecule has 2 aliphatic heterocycles. The molecule has 35 heavy (non-hydrogen) atoms. The number of hydrazine groups is 1. The lowest BCUT2D eigenvalue weighted by atomic mass is 9.92. The summed E-state index contributed by atoms with van der Waals surface area (Å²) in [7, 11) is -2.38. The molecule has 0 saturated heterocycles. The molecule has 2 aromatic rings. The van der Waals surface area contributed by atoms with Gasteiger partial charge in [0.2, 0.25) is 0 Å². The molecule has 0 fully saturated rings. The van der Waals surface area contributed by atoms with Crippen LogP contribution in [0.25, 0.3) is 0 Å². The fourth-order valence-electron chi connectivity index (χ4n) is 4.08. The number of sulfone groups is 1. The number of carbonyl (C=O) groups excluding carboxylic acids is 2. The maximum Gasteiger partial charge on any atom is 0.416 e. The largest absolute Gasteiger partial charge is 0.416 e. The number of amides is 3. The van der Waals surface area contributed by atoms with Crippen LogP contribution in [-0.2, 0) is 20.8 Å². The molecule has 0 aromatic heterocycles. The predicted molar refractivity (Wildman–Crippen MR) is 117 cm³/mol. The molecule has 0 saturated carbocycles. The quantitative estimate of drug-likeness (QED) is 0.661. The fraction of sp³-hybridized carbons (Fsp3) is 0.227. The highest BCUT2D eigenvalue weighted by Gasteiger charge is 2.43. The molecule has 13 heteroatoms. The third-order valence-corrected chi connectivity index (χ3v) is 6.70. The monoisotopic (exact) mass is 505 g/mol. The summed E-state index contributed by atoms with van der Waals surface area (Å²) in [5, 5.41) is 13.1. The number of hydrogen-bond donors (Lipinski definition) is 2. The molecule has 2 aliphatic rings. The van der Waals surface area contributed by atoms with E-state index in [0.717, 1.165) is 35.4 Å². The topological polar surface area (TPSA) is 123 Å². The van der Waals surface area contributed by atoms with Gasteiger partial charge >= 0.3 is 12.2 Å². The molecule has 2 N–H and O–H groups in total. The van der Waals surface area contributed by atoms with E-state index in [9.17, 15) is 36.4 Å². The smallest absolute Gasteiger partial charge is 0.326 e. The number of halogens is 3. The van der Waals surface area contributed by atoms with E-state index >= 15 is 0 Å². The van der Waals surface area contributed by atoms with Crippen LogP contribution in [0.2, 0.25) is 0 Å². The molecule has 182 valence electrons. The molecule has 4 rings (SSSR count). The van der Waals surface area contributed by atoms with Crippen LogP contribution in [-0.4, -0.2) is 45.2 Å². The number of likely N-dealkylation sites (N-methyl/N-ethyl adjacent to an activating group) is 1. The van der Waals surface area contributed by atoms with Crippen molar-refractivity contribution in [3.63, 3.8) is 0 Å². The minimum absolute atomic E-state index is 0.0327. The van der Waals surface area contributed by atoms with Gasteiger partial charge in [0.15, 0.2) is 9.84 Å². The molecule has 0 unspecified atom stereocenters. The van der Waals surface area contributed by atoms with E-state index in [-0.39, 0.29) is 39.5 Å². The number of nitriles is 1. The van der Waals surface area contributed by atoms with Crippen molar-refractivity contribution in [1.82, 2.24) is 15.8 Å². The standard InChI is InChI=1S/C22H18F3N5O4S/c1-29-11-16-18(20(31)28-29)19(15-7-6-12(10-26)8-17(15)35(2,33)34)27-21(32)30(16)14-5-3-4-13(9-14)22(23,24)25/h3-9,19H,11H2,1-2H3,(H,27,32)(H,28,31)/t19-/m1/s1. The highest BCUT2D eigenvalue weighted by Crippen LogP contribution is 2.39. The number of benzene rings is 2. The first kappa shape index (κ1) is 24.2. The first-order valence-electron chi connectivity index (χ1n) is 10.1. The summed E-state index contributed by atoms with van der Waals surface area (Å²) < 4.78 is 64.9. The molecule has 0 spiro atoms. The molecule has 0 bridgehead atoms. The lowest BCUT2D eigenvalue weighted by Gasteiger charge is -2.41. The van der Waals surface area contributed by atoms with Gasteiger partial charge < -0.3 is 5.32 Å².